The van der Waals surface area contributed by atoms with E-state index in [1.807, 2.05) is 35.4 Å². The van der Waals surface area contributed by atoms with E-state index in [9.17, 15) is 9.59 Å². The Morgan fingerprint density at radius 1 is 1.29 bits per heavy atom. The molecule has 1 aromatic heterocycles. The van der Waals surface area contributed by atoms with Gasteiger partial charge in [-0.3, -0.25) is 9.59 Å². The number of aromatic amines is 1. The van der Waals surface area contributed by atoms with Gasteiger partial charge in [0, 0.05) is 56.5 Å². The van der Waals surface area contributed by atoms with Crippen LogP contribution in [0.25, 0.3) is 10.9 Å². The molecule has 6 heteroatoms. The molecule has 0 radical (unpaired) electrons. The van der Waals surface area contributed by atoms with Crippen molar-refractivity contribution in [1.82, 2.24) is 15.2 Å². The maximum atomic E-state index is 12.3. The number of amides is 2. The molecule has 0 aliphatic carbocycles. The molecule has 2 amide bonds. The van der Waals surface area contributed by atoms with Crippen molar-refractivity contribution in [3.8, 4) is 0 Å². The van der Waals surface area contributed by atoms with Gasteiger partial charge in [-0.2, -0.15) is 0 Å². The standard InChI is InChI=1S/C18H23N3O3/c1-13(22)21(16-5-10-24-11-6-16)9-8-20-18(23)15-3-2-14-4-7-19-17(14)12-15/h2-4,7,12,16,19H,5-6,8-11H2,1H3,(H,20,23). The number of nitrogens with zero attached hydrogens (tertiary/aromatic N) is 1. The van der Waals surface area contributed by atoms with Crippen LogP contribution in [0.4, 0.5) is 0 Å². The van der Waals surface area contributed by atoms with E-state index < -0.39 is 0 Å². The third-order valence-electron chi connectivity index (χ3n) is 4.49. The summed E-state index contributed by atoms with van der Waals surface area (Å²) in [6.07, 6.45) is 3.57. The van der Waals surface area contributed by atoms with E-state index >= 15 is 0 Å². The Morgan fingerprint density at radius 3 is 2.83 bits per heavy atom. The number of benzene rings is 1. The second kappa shape index (κ2) is 7.49. The zero-order valence-corrected chi connectivity index (χ0v) is 13.9. The fourth-order valence-electron chi connectivity index (χ4n) is 3.17. The Morgan fingerprint density at radius 2 is 2.08 bits per heavy atom. The van der Waals surface area contributed by atoms with E-state index in [4.69, 9.17) is 4.74 Å². The Balaban J connectivity index is 1.55. The fraction of sp³-hybridized carbons (Fsp3) is 0.444. The first-order chi connectivity index (χ1) is 11.6. The highest BCUT2D eigenvalue weighted by atomic mass is 16.5. The molecule has 1 saturated heterocycles. The highest BCUT2D eigenvalue weighted by Gasteiger charge is 2.23. The minimum Gasteiger partial charge on any atom is -0.381 e. The van der Waals surface area contributed by atoms with Crippen LogP contribution >= 0.6 is 0 Å². The van der Waals surface area contributed by atoms with Gasteiger partial charge in [0.05, 0.1) is 0 Å². The van der Waals surface area contributed by atoms with Crippen molar-refractivity contribution < 1.29 is 14.3 Å². The summed E-state index contributed by atoms with van der Waals surface area (Å²) in [5.41, 5.74) is 1.56. The zero-order valence-electron chi connectivity index (χ0n) is 13.9. The Kier molecular flexibility index (Phi) is 5.15. The Hall–Kier alpha value is -2.34. The largest absolute Gasteiger partial charge is 0.381 e. The number of H-pyrrole nitrogens is 1. The first-order valence-corrected chi connectivity index (χ1v) is 8.35. The lowest BCUT2D eigenvalue weighted by molar-refractivity contribution is -0.132. The predicted octanol–water partition coefficient (Wildman–Crippen LogP) is 1.93. The summed E-state index contributed by atoms with van der Waals surface area (Å²) in [6.45, 7) is 3.93. The molecule has 24 heavy (non-hydrogen) atoms. The number of carbonyl (C=O) groups is 2. The molecule has 2 aromatic rings. The van der Waals surface area contributed by atoms with Gasteiger partial charge in [-0.15, -0.1) is 0 Å². The zero-order chi connectivity index (χ0) is 16.9. The predicted molar refractivity (Wildman–Crippen MR) is 91.9 cm³/mol. The number of hydrogen-bond donors (Lipinski definition) is 2. The molecule has 6 nitrogen and oxygen atoms in total. The average Bonchev–Trinajstić information content (AvgIpc) is 3.06. The third kappa shape index (κ3) is 3.76. The summed E-state index contributed by atoms with van der Waals surface area (Å²) in [5, 5.41) is 3.98. The van der Waals surface area contributed by atoms with Crippen LogP contribution in [0.2, 0.25) is 0 Å². The molecule has 1 aromatic carbocycles. The van der Waals surface area contributed by atoms with E-state index in [2.05, 4.69) is 10.3 Å². The van der Waals surface area contributed by atoms with Crippen LogP contribution in [0, 0.1) is 0 Å². The maximum Gasteiger partial charge on any atom is 0.251 e. The van der Waals surface area contributed by atoms with Gasteiger partial charge < -0.3 is 19.9 Å². The Bertz CT molecular complexity index is 719. The Labute approximate surface area is 141 Å². The molecule has 1 aliphatic rings. The van der Waals surface area contributed by atoms with Gasteiger partial charge in [0.15, 0.2) is 0 Å². The number of hydrogen-bond acceptors (Lipinski definition) is 3. The van der Waals surface area contributed by atoms with E-state index in [-0.39, 0.29) is 17.9 Å². The van der Waals surface area contributed by atoms with Crippen molar-refractivity contribution in [2.75, 3.05) is 26.3 Å². The lowest BCUT2D eigenvalue weighted by Crippen LogP contribution is -2.46. The van der Waals surface area contributed by atoms with Crippen molar-refractivity contribution in [1.29, 1.82) is 0 Å². The van der Waals surface area contributed by atoms with E-state index in [0.717, 1.165) is 23.7 Å². The molecule has 1 fully saturated rings. The minimum atomic E-state index is -0.123. The molecular formula is C18H23N3O3. The number of fused-ring (bicyclic) bond motifs is 1. The highest BCUT2D eigenvalue weighted by Crippen LogP contribution is 2.15. The summed E-state index contributed by atoms with van der Waals surface area (Å²) in [6, 6.07) is 7.75. The lowest BCUT2D eigenvalue weighted by atomic mass is 10.1. The molecule has 0 spiro atoms. The molecule has 0 atom stereocenters. The quantitative estimate of drug-likeness (QED) is 0.880. The van der Waals surface area contributed by atoms with Gasteiger partial charge >= 0.3 is 0 Å². The van der Waals surface area contributed by atoms with Crippen LogP contribution in [0.3, 0.4) is 0 Å². The van der Waals surface area contributed by atoms with Crippen LogP contribution in [-0.2, 0) is 9.53 Å². The summed E-state index contributed by atoms with van der Waals surface area (Å²) in [4.78, 5) is 29.1. The number of nitrogens with one attached hydrogen (secondary N) is 2. The molecule has 3 rings (SSSR count). The first-order valence-electron chi connectivity index (χ1n) is 8.35. The first kappa shape index (κ1) is 16.5. The SMILES string of the molecule is CC(=O)N(CCNC(=O)c1ccc2cc[nH]c2c1)C1CCOCC1. The van der Waals surface area contributed by atoms with Crippen LogP contribution in [-0.4, -0.2) is 54.0 Å². The van der Waals surface area contributed by atoms with Gasteiger partial charge in [0.1, 0.15) is 0 Å². The molecule has 0 saturated carbocycles. The topological polar surface area (TPSA) is 74.4 Å². The number of aromatic nitrogens is 1. The minimum absolute atomic E-state index is 0.0453. The average molecular weight is 329 g/mol. The van der Waals surface area contributed by atoms with Crippen molar-refractivity contribution in [3.63, 3.8) is 0 Å². The van der Waals surface area contributed by atoms with Gasteiger partial charge in [-0.25, -0.2) is 0 Å². The molecular weight excluding hydrogens is 306 g/mol. The normalized spacial score (nSPS) is 15.4. The third-order valence-corrected chi connectivity index (χ3v) is 4.49. The van der Waals surface area contributed by atoms with Gasteiger partial charge in [-0.05, 0) is 36.4 Å². The summed E-state index contributed by atoms with van der Waals surface area (Å²) in [7, 11) is 0. The van der Waals surface area contributed by atoms with Gasteiger partial charge in [0.2, 0.25) is 5.91 Å². The maximum absolute atomic E-state index is 12.3. The summed E-state index contributed by atoms with van der Waals surface area (Å²) < 4.78 is 5.35. The van der Waals surface area contributed by atoms with Gasteiger partial charge in [0.25, 0.3) is 5.91 Å². The van der Waals surface area contributed by atoms with Crippen molar-refractivity contribution in [3.05, 3.63) is 36.0 Å². The molecule has 1 aliphatic heterocycles. The molecule has 2 N–H and O–H groups in total. The summed E-state index contributed by atoms with van der Waals surface area (Å²) in [5.74, 6) is -0.0778. The molecule has 0 bridgehead atoms. The fourth-order valence-corrected chi connectivity index (χ4v) is 3.17. The van der Waals surface area contributed by atoms with E-state index in [1.165, 1.54) is 0 Å². The van der Waals surface area contributed by atoms with E-state index in [0.29, 0.717) is 31.9 Å². The molecule has 128 valence electrons. The molecule has 2 heterocycles. The number of rotatable bonds is 5. The summed E-state index contributed by atoms with van der Waals surface area (Å²) >= 11 is 0. The van der Waals surface area contributed by atoms with Crippen molar-refractivity contribution in [2.45, 2.75) is 25.8 Å². The highest BCUT2D eigenvalue weighted by molar-refractivity contribution is 5.97. The monoisotopic (exact) mass is 329 g/mol. The smallest absolute Gasteiger partial charge is 0.251 e. The number of carbonyl (C=O) groups excluding carboxylic acids is 2. The second-order valence-corrected chi connectivity index (χ2v) is 6.09. The van der Waals surface area contributed by atoms with Crippen LogP contribution in [0.15, 0.2) is 30.5 Å². The van der Waals surface area contributed by atoms with Crippen LogP contribution < -0.4 is 5.32 Å². The second-order valence-electron chi connectivity index (χ2n) is 6.09. The van der Waals surface area contributed by atoms with Crippen molar-refractivity contribution >= 4 is 22.7 Å². The molecule has 0 unspecified atom stereocenters. The van der Waals surface area contributed by atoms with Crippen LogP contribution in [0.5, 0.6) is 0 Å². The van der Waals surface area contributed by atoms with Crippen LogP contribution in [0.1, 0.15) is 30.1 Å². The van der Waals surface area contributed by atoms with Crippen molar-refractivity contribution in [2.24, 2.45) is 0 Å². The lowest BCUT2D eigenvalue weighted by Gasteiger charge is -2.33. The van der Waals surface area contributed by atoms with Gasteiger partial charge in [-0.1, -0.05) is 6.07 Å². The van der Waals surface area contributed by atoms with E-state index in [1.54, 1.807) is 6.92 Å². The number of ether oxygens (including phenoxy) is 1.